The van der Waals surface area contributed by atoms with Crippen LogP contribution in [0.5, 0.6) is 5.75 Å². The van der Waals surface area contributed by atoms with Gasteiger partial charge in [-0.05, 0) is 66.2 Å². The van der Waals surface area contributed by atoms with Gasteiger partial charge in [-0.15, -0.1) is 12.4 Å². The summed E-state index contributed by atoms with van der Waals surface area (Å²) in [4.78, 5) is 20.1. The third-order valence-electron chi connectivity index (χ3n) is 5.52. The molecule has 2 N–H and O–H groups in total. The lowest BCUT2D eigenvalue weighted by Crippen LogP contribution is -2.05. The average Bonchev–Trinajstić information content (AvgIpc) is 2.89. The van der Waals surface area contributed by atoms with Gasteiger partial charge in [-0.1, -0.05) is 30.3 Å². The van der Waals surface area contributed by atoms with Gasteiger partial charge in [0.2, 0.25) is 5.91 Å². The van der Waals surface area contributed by atoms with Crippen molar-refractivity contribution in [3.63, 3.8) is 0 Å². The molecule has 180 valence electrons. The summed E-state index contributed by atoms with van der Waals surface area (Å²) < 4.78 is 5.91. The lowest BCUT2D eigenvalue weighted by molar-refractivity contribution is -0.114. The predicted molar refractivity (Wildman–Crippen MR) is 147 cm³/mol. The molecule has 0 atom stereocenters. The van der Waals surface area contributed by atoms with Crippen molar-refractivity contribution >= 4 is 46.3 Å². The Hall–Kier alpha value is -4.42. The minimum absolute atomic E-state index is 0. The summed E-state index contributed by atoms with van der Waals surface area (Å²) >= 11 is 0. The van der Waals surface area contributed by atoms with E-state index < -0.39 is 0 Å². The summed E-state index contributed by atoms with van der Waals surface area (Å²) in [5.41, 5.74) is 6.60. The number of ether oxygens (including phenoxy) is 1. The number of rotatable bonds is 7. The van der Waals surface area contributed by atoms with Crippen LogP contribution in [0.2, 0.25) is 0 Å². The van der Waals surface area contributed by atoms with Crippen LogP contribution in [-0.2, 0) is 11.4 Å². The van der Waals surface area contributed by atoms with Crippen LogP contribution in [0.4, 0.5) is 17.1 Å². The summed E-state index contributed by atoms with van der Waals surface area (Å²) in [6, 6.07) is 29.5. The summed E-state index contributed by atoms with van der Waals surface area (Å²) in [6.07, 6.45) is 3.60. The number of nitrogens with zero attached hydrogens (tertiary/aromatic N) is 2. The first kappa shape index (κ1) is 24.7. The summed E-state index contributed by atoms with van der Waals surface area (Å²) in [5, 5.41) is 7.28. The molecule has 2 heterocycles. The monoisotopic (exact) mass is 496 g/mol. The van der Waals surface area contributed by atoms with Gasteiger partial charge in [0.1, 0.15) is 12.4 Å². The second-order valence-corrected chi connectivity index (χ2v) is 8.12. The van der Waals surface area contributed by atoms with Crippen LogP contribution in [0.3, 0.4) is 0 Å². The number of halogens is 1. The van der Waals surface area contributed by atoms with Crippen molar-refractivity contribution < 1.29 is 9.53 Å². The molecule has 7 heteroatoms. The Morgan fingerprint density at radius 2 is 1.61 bits per heavy atom. The van der Waals surface area contributed by atoms with Gasteiger partial charge >= 0.3 is 0 Å². The standard InChI is InChI=1S/C29H24N4O2.ClH/c1-20(34)32-23-8-5-21(6-9-23)19-35-25-12-10-24(11-13-25)33-28-15-17-31-29-18-22(7-14-26(28)29)27-4-2-3-16-30-27;/h2-18H,19H2,1H3,(H,31,33)(H,32,34);1H. The molecule has 1 amide bonds. The molecule has 5 rings (SSSR count). The molecule has 36 heavy (non-hydrogen) atoms. The molecule has 0 saturated carbocycles. The van der Waals surface area contributed by atoms with E-state index in [-0.39, 0.29) is 18.3 Å². The van der Waals surface area contributed by atoms with Gasteiger partial charge < -0.3 is 15.4 Å². The van der Waals surface area contributed by atoms with Crippen LogP contribution in [0.1, 0.15) is 12.5 Å². The maximum absolute atomic E-state index is 11.1. The van der Waals surface area contributed by atoms with Gasteiger partial charge in [-0.2, -0.15) is 0 Å². The Morgan fingerprint density at radius 1 is 0.833 bits per heavy atom. The summed E-state index contributed by atoms with van der Waals surface area (Å²) in [6.45, 7) is 1.94. The number of carbonyl (C=O) groups is 1. The van der Waals surface area contributed by atoms with E-state index in [0.717, 1.165) is 50.5 Å². The van der Waals surface area contributed by atoms with E-state index in [1.807, 2.05) is 79.0 Å². The molecule has 0 radical (unpaired) electrons. The lowest BCUT2D eigenvalue weighted by Gasteiger charge is -2.12. The number of amides is 1. The predicted octanol–water partition coefficient (Wildman–Crippen LogP) is 7.00. The molecule has 0 aliphatic rings. The highest BCUT2D eigenvalue weighted by molar-refractivity contribution is 5.95. The van der Waals surface area contributed by atoms with Crippen LogP contribution < -0.4 is 15.4 Å². The molecule has 3 aromatic carbocycles. The van der Waals surface area contributed by atoms with Crippen molar-refractivity contribution in [1.29, 1.82) is 0 Å². The molecule has 0 fully saturated rings. The molecular formula is C29H25ClN4O2. The molecule has 5 aromatic rings. The maximum Gasteiger partial charge on any atom is 0.221 e. The number of hydrogen-bond donors (Lipinski definition) is 2. The highest BCUT2D eigenvalue weighted by Crippen LogP contribution is 2.29. The number of anilines is 3. The molecule has 2 aromatic heterocycles. The zero-order valence-corrected chi connectivity index (χ0v) is 20.5. The molecule has 0 unspecified atom stereocenters. The third-order valence-corrected chi connectivity index (χ3v) is 5.52. The van der Waals surface area contributed by atoms with E-state index in [9.17, 15) is 4.79 Å². The minimum atomic E-state index is -0.0864. The van der Waals surface area contributed by atoms with Gasteiger partial charge in [0.05, 0.1) is 11.2 Å². The Kier molecular flexibility index (Phi) is 7.78. The molecule has 0 bridgehead atoms. The highest BCUT2D eigenvalue weighted by atomic mass is 35.5. The van der Waals surface area contributed by atoms with Crippen molar-refractivity contribution in [2.24, 2.45) is 0 Å². The topological polar surface area (TPSA) is 76.1 Å². The fraction of sp³-hybridized carbons (Fsp3) is 0.0690. The van der Waals surface area contributed by atoms with Crippen molar-refractivity contribution in [3.8, 4) is 17.0 Å². The van der Waals surface area contributed by atoms with Gasteiger partial charge in [0.15, 0.2) is 0 Å². The van der Waals surface area contributed by atoms with Crippen LogP contribution in [0, 0.1) is 0 Å². The van der Waals surface area contributed by atoms with E-state index in [1.165, 1.54) is 6.92 Å². The lowest BCUT2D eigenvalue weighted by atomic mass is 10.1. The summed E-state index contributed by atoms with van der Waals surface area (Å²) in [5.74, 6) is 0.692. The Balaban J connectivity index is 0.00000304. The average molecular weight is 497 g/mol. The van der Waals surface area contributed by atoms with Crippen molar-refractivity contribution in [2.45, 2.75) is 13.5 Å². The van der Waals surface area contributed by atoms with Crippen LogP contribution in [0.25, 0.3) is 22.2 Å². The van der Waals surface area contributed by atoms with E-state index in [2.05, 4.69) is 38.8 Å². The first-order valence-corrected chi connectivity index (χ1v) is 11.3. The van der Waals surface area contributed by atoms with Crippen molar-refractivity contribution in [3.05, 3.63) is 109 Å². The first-order chi connectivity index (χ1) is 17.1. The van der Waals surface area contributed by atoms with Gasteiger partial charge in [-0.25, -0.2) is 0 Å². The zero-order chi connectivity index (χ0) is 24.0. The number of nitrogens with one attached hydrogen (secondary N) is 2. The van der Waals surface area contributed by atoms with Crippen LogP contribution in [-0.4, -0.2) is 15.9 Å². The highest BCUT2D eigenvalue weighted by Gasteiger charge is 2.06. The third kappa shape index (κ3) is 5.98. The maximum atomic E-state index is 11.1. The van der Waals surface area contributed by atoms with E-state index in [1.54, 1.807) is 6.20 Å². The van der Waals surface area contributed by atoms with E-state index in [4.69, 9.17) is 4.74 Å². The Bertz CT molecular complexity index is 1460. The van der Waals surface area contributed by atoms with Crippen LogP contribution in [0.15, 0.2) is 103 Å². The molecule has 0 aliphatic carbocycles. The quantitative estimate of drug-likeness (QED) is 0.253. The number of benzene rings is 3. The van der Waals surface area contributed by atoms with Gasteiger partial charge in [0.25, 0.3) is 0 Å². The minimum Gasteiger partial charge on any atom is -0.489 e. The number of fused-ring (bicyclic) bond motifs is 1. The zero-order valence-electron chi connectivity index (χ0n) is 19.6. The number of aromatic nitrogens is 2. The normalized spacial score (nSPS) is 10.4. The Labute approximate surface area is 215 Å². The Morgan fingerprint density at radius 3 is 2.33 bits per heavy atom. The molecule has 0 spiro atoms. The summed E-state index contributed by atoms with van der Waals surface area (Å²) in [7, 11) is 0. The number of pyridine rings is 2. The van der Waals surface area contributed by atoms with Gasteiger partial charge in [-0.3, -0.25) is 14.8 Å². The first-order valence-electron chi connectivity index (χ1n) is 11.3. The molecule has 0 aliphatic heterocycles. The van der Waals surface area contributed by atoms with Gasteiger partial charge in [0, 0.05) is 47.3 Å². The van der Waals surface area contributed by atoms with Crippen molar-refractivity contribution in [1.82, 2.24) is 9.97 Å². The van der Waals surface area contributed by atoms with E-state index >= 15 is 0 Å². The van der Waals surface area contributed by atoms with Crippen molar-refractivity contribution in [2.75, 3.05) is 10.6 Å². The number of hydrogen-bond acceptors (Lipinski definition) is 5. The second-order valence-electron chi connectivity index (χ2n) is 8.12. The molecule has 0 saturated heterocycles. The molecular weight excluding hydrogens is 472 g/mol. The smallest absolute Gasteiger partial charge is 0.221 e. The second kappa shape index (κ2) is 11.3. The fourth-order valence-corrected chi connectivity index (χ4v) is 3.79. The SMILES string of the molecule is CC(=O)Nc1ccc(COc2ccc(Nc3ccnc4cc(-c5ccccn5)ccc34)cc2)cc1.Cl. The van der Waals surface area contributed by atoms with Crippen LogP contribution >= 0.6 is 12.4 Å². The van der Waals surface area contributed by atoms with E-state index in [0.29, 0.717) is 6.61 Å². The molecule has 6 nitrogen and oxygen atoms in total. The number of carbonyl (C=O) groups excluding carboxylic acids is 1. The fourth-order valence-electron chi connectivity index (χ4n) is 3.79. The largest absolute Gasteiger partial charge is 0.489 e.